The Labute approximate surface area is 286 Å². The van der Waals surface area contributed by atoms with E-state index in [1.54, 1.807) is 27.0 Å². The molecular formula is C36H47N5O8. The highest BCUT2D eigenvalue weighted by Gasteiger charge is 2.35. The van der Waals surface area contributed by atoms with Crippen molar-refractivity contribution < 1.29 is 38.8 Å². The van der Waals surface area contributed by atoms with Gasteiger partial charge in [0.1, 0.15) is 11.8 Å². The Kier molecular flexibility index (Phi) is 13.3. The van der Waals surface area contributed by atoms with Gasteiger partial charge in [-0.2, -0.15) is 0 Å². The maximum Gasteiger partial charge on any atom is 0.407 e. The summed E-state index contributed by atoms with van der Waals surface area (Å²) in [6.45, 7) is 7.41. The monoisotopic (exact) mass is 677 g/mol. The zero-order valence-corrected chi connectivity index (χ0v) is 28.4. The molecule has 1 unspecified atom stereocenters. The van der Waals surface area contributed by atoms with Crippen molar-refractivity contribution in [1.29, 1.82) is 0 Å². The summed E-state index contributed by atoms with van der Waals surface area (Å²) < 4.78 is 16.0. The van der Waals surface area contributed by atoms with Crippen LogP contribution in [0.1, 0.15) is 38.3 Å². The number of nitrogens with zero attached hydrogens (tertiary/aromatic N) is 2. The lowest BCUT2D eigenvalue weighted by Gasteiger charge is -2.34. The predicted octanol–water partition coefficient (Wildman–Crippen LogP) is 4.01. The zero-order chi connectivity index (χ0) is 35.4. The van der Waals surface area contributed by atoms with Crippen molar-refractivity contribution >= 4 is 18.1 Å². The molecule has 2 aromatic carbocycles. The molecule has 13 heteroatoms. The van der Waals surface area contributed by atoms with Gasteiger partial charge in [0, 0.05) is 37.4 Å². The number of carboxylic acid groups (broad SMARTS) is 1. The summed E-state index contributed by atoms with van der Waals surface area (Å²) in [5.74, 6) is 0.518. The number of aliphatic hydroxyl groups is 1. The van der Waals surface area contributed by atoms with E-state index in [9.17, 15) is 24.6 Å². The van der Waals surface area contributed by atoms with E-state index in [0.29, 0.717) is 24.9 Å². The molecule has 5 N–H and O–H groups in total. The first kappa shape index (κ1) is 37.1. The molecule has 3 amide bonds. The van der Waals surface area contributed by atoms with Gasteiger partial charge >= 0.3 is 12.2 Å². The number of aromatic nitrogens is 1. The number of nitrogens with one attached hydrogen (secondary N) is 3. The van der Waals surface area contributed by atoms with E-state index >= 15 is 0 Å². The Balaban J connectivity index is 1.51. The molecule has 13 nitrogen and oxygen atoms in total. The van der Waals surface area contributed by atoms with Crippen LogP contribution in [0.15, 0.2) is 72.9 Å². The summed E-state index contributed by atoms with van der Waals surface area (Å²) in [5.41, 5.74) is 5.46. The Hall–Kier alpha value is -4.72. The minimum absolute atomic E-state index is 0.140. The highest BCUT2D eigenvalue weighted by Crippen LogP contribution is 2.22. The molecule has 0 bridgehead atoms. The molecule has 49 heavy (non-hydrogen) atoms. The fourth-order valence-electron chi connectivity index (χ4n) is 5.46. The van der Waals surface area contributed by atoms with E-state index < -0.39 is 41.7 Å². The van der Waals surface area contributed by atoms with E-state index in [-0.39, 0.29) is 19.5 Å². The molecule has 0 spiro atoms. The number of pyridine rings is 1. The Morgan fingerprint density at radius 1 is 1.02 bits per heavy atom. The predicted molar refractivity (Wildman–Crippen MR) is 183 cm³/mol. The van der Waals surface area contributed by atoms with Crippen LogP contribution in [0, 0.1) is 11.3 Å². The molecule has 4 rings (SSSR count). The van der Waals surface area contributed by atoms with Gasteiger partial charge in [0.2, 0.25) is 0 Å². The summed E-state index contributed by atoms with van der Waals surface area (Å²) in [5, 5.41) is 27.6. The van der Waals surface area contributed by atoms with Crippen LogP contribution in [0.25, 0.3) is 11.3 Å². The molecule has 3 aromatic rings. The van der Waals surface area contributed by atoms with Crippen LogP contribution >= 0.6 is 0 Å². The molecule has 0 saturated carbocycles. The summed E-state index contributed by atoms with van der Waals surface area (Å²) in [6, 6.07) is 18.6. The average Bonchev–Trinajstić information content (AvgIpc) is 3.60. The number of hydrazine groups is 1. The lowest BCUT2D eigenvalue weighted by atomic mass is 9.86. The second kappa shape index (κ2) is 17.6. The first-order valence-electron chi connectivity index (χ1n) is 16.3. The van der Waals surface area contributed by atoms with Crippen LogP contribution in [0.2, 0.25) is 0 Å². The Morgan fingerprint density at radius 3 is 2.33 bits per heavy atom. The van der Waals surface area contributed by atoms with E-state index in [4.69, 9.17) is 14.2 Å². The third-order valence-corrected chi connectivity index (χ3v) is 8.20. The minimum atomic E-state index is -1.29. The van der Waals surface area contributed by atoms with Gasteiger partial charge in [0.05, 0.1) is 38.2 Å². The lowest BCUT2D eigenvalue weighted by molar-refractivity contribution is -0.131. The molecule has 1 fully saturated rings. The van der Waals surface area contributed by atoms with Gasteiger partial charge in [0.15, 0.2) is 0 Å². The largest absolute Gasteiger partial charge is 0.493 e. The van der Waals surface area contributed by atoms with E-state index in [0.717, 1.165) is 35.4 Å². The van der Waals surface area contributed by atoms with Gasteiger partial charge in [-0.1, -0.05) is 63.2 Å². The van der Waals surface area contributed by atoms with E-state index in [1.807, 2.05) is 66.7 Å². The Morgan fingerprint density at radius 2 is 1.73 bits per heavy atom. The number of carbonyl (C=O) groups excluding carboxylic acids is 2. The van der Waals surface area contributed by atoms with Crippen LogP contribution in [0.3, 0.4) is 0 Å². The third-order valence-electron chi connectivity index (χ3n) is 8.20. The number of benzene rings is 2. The highest BCUT2D eigenvalue weighted by molar-refractivity contribution is 5.86. The number of alkyl carbamates (subject to hydrolysis) is 1. The second-order valence-electron chi connectivity index (χ2n) is 13.2. The fourth-order valence-corrected chi connectivity index (χ4v) is 5.46. The molecule has 2 heterocycles. The van der Waals surface area contributed by atoms with Gasteiger partial charge < -0.3 is 35.1 Å². The summed E-state index contributed by atoms with van der Waals surface area (Å²) in [4.78, 5) is 41.9. The number of ether oxygens (including phenoxy) is 3. The standard InChI is InChI=1S/C36H47N5O8/c1-36(2,3)32(39-35(46)47-4)33(43)40-41(20-25-8-12-27(13-9-25)29-7-5-6-17-37-29)21-31(42)30(38-34(44)45)19-24-10-14-28(15-11-24)49-23-26-16-18-48-22-26/h5-15,17,26,30-32,38,42H,16,18-23H2,1-4H3,(H,39,46)(H,40,43)(H,44,45)/t26?,30-,31-,32+/m0/s1. The Bertz CT molecular complexity index is 1490. The van der Waals surface area contributed by atoms with Crippen molar-refractivity contribution in [2.75, 3.05) is 33.5 Å². The summed E-state index contributed by atoms with van der Waals surface area (Å²) in [6.07, 6.45) is -0.443. The topological polar surface area (TPSA) is 172 Å². The SMILES string of the molecule is COC(=O)N[C@H](C(=O)NN(Cc1ccc(-c2ccccn2)cc1)C[C@H](O)[C@H](Cc1ccc(OCC2CCOC2)cc1)NC(=O)O)C(C)(C)C. The number of rotatable bonds is 15. The molecule has 1 aliphatic heterocycles. The molecule has 1 aliphatic rings. The molecule has 1 aromatic heterocycles. The summed E-state index contributed by atoms with van der Waals surface area (Å²) in [7, 11) is 1.21. The molecule has 0 aliphatic carbocycles. The quantitative estimate of drug-likeness (QED) is 0.148. The average molecular weight is 678 g/mol. The van der Waals surface area contributed by atoms with Crippen LogP contribution in [-0.2, 0) is 27.2 Å². The van der Waals surface area contributed by atoms with Crippen molar-refractivity contribution in [2.24, 2.45) is 11.3 Å². The molecule has 264 valence electrons. The normalized spacial score (nSPS) is 16.3. The molecule has 4 atom stereocenters. The smallest absolute Gasteiger partial charge is 0.407 e. The first-order chi connectivity index (χ1) is 23.4. The van der Waals surface area contributed by atoms with Gasteiger partial charge in [-0.3, -0.25) is 15.2 Å². The van der Waals surface area contributed by atoms with E-state index in [1.165, 1.54) is 12.1 Å². The van der Waals surface area contributed by atoms with Gasteiger partial charge in [-0.15, -0.1) is 0 Å². The maximum absolute atomic E-state index is 13.6. The third kappa shape index (κ3) is 11.7. The first-order valence-corrected chi connectivity index (χ1v) is 16.3. The highest BCUT2D eigenvalue weighted by atomic mass is 16.5. The fraction of sp³-hybridized carbons (Fsp3) is 0.444. The van der Waals surface area contributed by atoms with Crippen molar-refractivity contribution in [2.45, 2.75) is 58.3 Å². The molecule has 0 radical (unpaired) electrons. The number of hydrogen-bond acceptors (Lipinski definition) is 9. The lowest BCUT2D eigenvalue weighted by Crippen LogP contribution is -2.59. The number of methoxy groups -OCH3 is 1. The van der Waals surface area contributed by atoms with Crippen LogP contribution in [0.4, 0.5) is 9.59 Å². The maximum atomic E-state index is 13.6. The molecule has 1 saturated heterocycles. The van der Waals surface area contributed by atoms with Crippen molar-refractivity contribution in [3.05, 3.63) is 84.1 Å². The van der Waals surface area contributed by atoms with Crippen LogP contribution in [0.5, 0.6) is 5.75 Å². The van der Waals surface area contributed by atoms with Gasteiger partial charge in [0.25, 0.3) is 5.91 Å². The second-order valence-corrected chi connectivity index (χ2v) is 13.2. The van der Waals surface area contributed by atoms with Gasteiger partial charge in [-0.05, 0) is 53.6 Å². The van der Waals surface area contributed by atoms with Crippen molar-refractivity contribution in [3.63, 3.8) is 0 Å². The van der Waals surface area contributed by atoms with Crippen molar-refractivity contribution in [1.82, 2.24) is 26.1 Å². The zero-order valence-electron chi connectivity index (χ0n) is 28.4. The van der Waals surface area contributed by atoms with Crippen LogP contribution < -0.4 is 20.8 Å². The number of amides is 3. The van der Waals surface area contributed by atoms with Gasteiger partial charge in [-0.25, -0.2) is 14.6 Å². The minimum Gasteiger partial charge on any atom is -0.493 e. The van der Waals surface area contributed by atoms with E-state index in [2.05, 4.69) is 21.0 Å². The van der Waals surface area contributed by atoms with Crippen molar-refractivity contribution in [3.8, 4) is 17.0 Å². The summed E-state index contributed by atoms with van der Waals surface area (Å²) >= 11 is 0. The number of aliphatic hydroxyl groups excluding tert-OH is 1. The molecular weight excluding hydrogens is 630 g/mol. The van der Waals surface area contributed by atoms with Crippen LogP contribution in [-0.4, -0.2) is 90.0 Å². The number of carbonyl (C=O) groups is 3. The number of hydrogen-bond donors (Lipinski definition) is 5.